The van der Waals surface area contributed by atoms with Gasteiger partial charge in [-0.2, -0.15) is 0 Å². The Morgan fingerprint density at radius 3 is 3.00 bits per heavy atom. The minimum absolute atomic E-state index is 0.553. The second kappa shape index (κ2) is 5.01. The van der Waals surface area contributed by atoms with Gasteiger partial charge in [0.2, 0.25) is 0 Å². The van der Waals surface area contributed by atoms with Crippen LogP contribution in [0.3, 0.4) is 0 Å². The molecule has 0 heterocycles. The number of benzene rings is 1. The molecule has 0 nitrogen and oxygen atoms in total. The number of hydrogen-bond acceptors (Lipinski definition) is 0. The normalized spacial score (nSPS) is 19.4. The molecule has 74 valence electrons. The maximum atomic E-state index is 2.45. The molecule has 1 atom stereocenters. The zero-order valence-electron chi connectivity index (χ0n) is 8.87. The third-order valence-electron chi connectivity index (χ3n) is 3.02. The van der Waals surface area contributed by atoms with E-state index in [-0.39, 0.29) is 0 Å². The molecule has 0 aliphatic heterocycles. The molecule has 0 saturated carbocycles. The van der Waals surface area contributed by atoms with E-state index in [1.165, 1.54) is 18.4 Å². The fourth-order valence-electron chi connectivity index (χ4n) is 2.19. The van der Waals surface area contributed by atoms with E-state index in [1.54, 1.807) is 10.0 Å². The predicted octanol–water partition coefficient (Wildman–Crippen LogP) is 3.14. The molecule has 0 amide bonds. The summed E-state index contributed by atoms with van der Waals surface area (Å²) in [5, 5.41) is 0. The van der Waals surface area contributed by atoms with Crippen molar-refractivity contribution in [3.63, 3.8) is 0 Å². The van der Waals surface area contributed by atoms with Gasteiger partial charge in [-0.3, -0.25) is 0 Å². The molecule has 1 aromatic rings. The Labute approximate surface area is 96.6 Å². The van der Waals surface area contributed by atoms with Crippen molar-refractivity contribution in [1.29, 1.82) is 0 Å². The molecule has 0 radical (unpaired) electrons. The first-order chi connectivity index (χ1) is 6.92. The molecule has 0 N–H and O–H groups in total. The summed E-state index contributed by atoms with van der Waals surface area (Å²) < 4.78 is 2.47. The van der Waals surface area contributed by atoms with Gasteiger partial charge in [-0.15, -0.1) is 0 Å². The minimum atomic E-state index is -0.553. The fraction of sp³-hybridized carbons (Fsp3) is 0.385. The topological polar surface area (TPSA) is 0 Å². The van der Waals surface area contributed by atoms with Crippen molar-refractivity contribution >= 4 is 27.2 Å². The average molecular weight is 293 g/mol. The first-order valence-corrected chi connectivity index (χ1v) is 10.9. The van der Waals surface area contributed by atoms with Gasteiger partial charge in [0.15, 0.2) is 0 Å². The molecule has 1 aliphatic carbocycles. The summed E-state index contributed by atoms with van der Waals surface area (Å²) in [5.74, 6) is 0. The van der Waals surface area contributed by atoms with Gasteiger partial charge in [-0.05, 0) is 0 Å². The molecule has 0 fully saturated rings. The Kier molecular flexibility index (Phi) is 3.68. The van der Waals surface area contributed by atoms with Gasteiger partial charge in [0.1, 0.15) is 0 Å². The number of unbranched alkanes of at least 4 members (excludes halogenated alkanes) is 1. The van der Waals surface area contributed by atoms with Crippen LogP contribution in [0.2, 0.25) is 4.44 Å². The molecular weight excluding hydrogens is 275 g/mol. The van der Waals surface area contributed by atoms with Crippen LogP contribution in [0.25, 0.3) is 6.08 Å². The summed E-state index contributed by atoms with van der Waals surface area (Å²) >= 11 is -0.553. The van der Waals surface area contributed by atoms with Crippen molar-refractivity contribution in [2.45, 2.75) is 28.1 Å². The van der Waals surface area contributed by atoms with Gasteiger partial charge in [-0.1, -0.05) is 0 Å². The number of hydrogen-bond donors (Lipinski definition) is 0. The van der Waals surface area contributed by atoms with E-state index in [9.17, 15) is 0 Å². The maximum absolute atomic E-state index is 2.45. The summed E-state index contributed by atoms with van der Waals surface area (Å²) in [4.78, 5) is 0. The molecule has 14 heavy (non-hydrogen) atoms. The van der Waals surface area contributed by atoms with Crippen molar-refractivity contribution in [1.82, 2.24) is 0 Å². The van der Waals surface area contributed by atoms with E-state index < -0.39 is 21.1 Å². The summed E-state index contributed by atoms with van der Waals surface area (Å²) in [6, 6.07) is 8.90. The standard InChI is InChI=1S/C9H7.C4H9.Sn.2H/c1-2-5-9-7-3-6-8(9)4-1;1-3-4-2;;;/h1-7H;1,3-4H2,2H3;;;. The summed E-state index contributed by atoms with van der Waals surface area (Å²) in [5.41, 5.74) is 3.10. The summed E-state index contributed by atoms with van der Waals surface area (Å²) in [6.45, 7) is 2.30. The number of allylic oxidation sites excluding steroid dienone is 1. The molecule has 1 aromatic carbocycles. The van der Waals surface area contributed by atoms with Gasteiger partial charge in [0, 0.05) is 0 Å². The molecule has 0 saturated heterocycles. The van der Waals surface area contributed by atoms with E-state index >= 15 is 0 Å². The van der Waals surface area contributed by atoms with Crippen molar-refractivity contribution in [2.24, 2.45) is 0 Å². The molecular formula is C13H18Sn. The zero-order valence-corrected chi connectivity index (χ0v) is 12.9. The third kappa shape index (κ3) is 2.22. The third-order valence-corrected chi connectivity index (χ3v) is 9.42. The summed E-state index contributed by atoms with van der Waals surface area (Å²) in [6.07, 6.45) is 7.61. The Balaban J connectivity index is 2.00. The average Bonchev–Trinajstić information content (AvgIpc) is 2.63. The first kappa shape index (κ1) is 10.3. The fourth-order valence-corrected chi connectivity index (χ4v) is 8.58. The van der Waals surface area contributed by atoms with Gasteiger partial charge >= 0.3 is 96.8 Å². The quantitative estimate of drug-likeness (QED) is 0.591. The van der Waals surface area contributed by atoms with Crippen molar-refractivity contribution in [2.75, 3.05) is 0 Å². The molecule has 1 aliphatic rings. The van der Waals surface area contributed by atoms with Crippen molar-refractivity contribution in [3.8, 4) is 0 Å². The van der Waals surface area contributed by atoms with Crippen molar-refractivity contribution < 1.29 is 0 Å². The van der Waals surface area contributed by atoms with Crippen LogP contribution in [0.4, 0.5) is 0 Å². The molecule has 2 rings (SSSR count). The van der Waals surface area contributed by atoms with E-state index in [1.807, 2.05) is 0 Å². The van der Waals surface area contributed by atoms with Crippen LogP contribution >= 0.6 is 0 Å². The van der Waals surface area contributed by atoms with Gasteiger partial charge in [0.05, 0.1) is 0 Å². The zero-order chi connectivity index (χ0) is 9.80. The Bertz CT molecular complexity index is 328. The molecule has 0 aromatic heterocycles. The SMILES string of the molecule is CCC[CH2][SnH2][CH]1C=Cc2ccccc21. The van der Waals surface area contributed by atoms with Crippen LogP contribution in [0.5, 0.6) is 0 Å². The first-order valence-electron chi connectivity index (χ1n) is 5.69. The van der Waals surface area contributed by atoms with Gasteiger partial charge in [-0.25, -0.2) is 0 Å². The number of rotatable bonds is 4. The van der Waals surface area contributed by atoms with Crippen molar-refractivity contribution in [3.05, 3.63) is 41.5 Å². The Morgan fingerprint density at radius 1 is 1.29 bits per heavy atom. The molecule has 0 spiro atoms. The Morgan fingerprint density at radius 2 is 2.14 bits per heavy atom. The van der Waals surface area contributed by atoms with Gasteiger partial charge < -0.3 is 0 Å². The molecule has 1 unspecified atom stereocenters. The summed E-state index contributed by atoms with van der Waals surface area (Å²) in [7, 11) is 0. The van der Waals surface area contributed by atoms with E-state index in [0.717, 1.165) is 3.93 Å². The predicted molar refractivity (Wildman–Crippen MR) is 66.5 cm³/mol. The van der Waals surface area contributed by atoms with E-state index in [0.29, 0.717) is 0 Å². The van der Waals surface area contributed by atoms with E-state index in [4.69, 9.17) is 0 Å². The molecule has 1 heteroatoms. The number of fused-ring (bicyclic) bond motifs is 1. The van der Waals surface area contributed by atoms with Crippen LogP contribution < -0.4 is 0 Å². The van der Waals surface area contributed by atoms with Crippen LogP contribution in [0.1, 0.15) is 34.8 Å². The van der Waals surface area contributed by atoms with Crippen LogP contribution in [-0.4, -0.2) is 21.1 Å². The second-order valence-electron chi connectivity index (χ2n) is 4.09. The van der Waals surface area contributed by atoms with Crippen LogP contribution in [0.15, 0.2) is 30.3 Å². The van der Waals surface area contributed by atoms with Crippen LogP contribution in [0, 0.1) is 0 Å². The molecule has 0 bridgehead atoms. The van der Waals surface area contributed by atoms with E-state index in [2.05, 4.69) is 43.3 Å². The monoisotopic (exact) mass is 294 g/mol. The van der Waals surface area contributed by atoms with Crippen LogP contribution in [-0.2, 0) is 0 Å². The van der Waals surface area contributed by atoms with Gasteiger partial charge in [0.25, 0.3) is 0 Å². The second-order valence-corrected chi connectivity index (χ2v) is 10.3. The Hall–Kier alpha value is -0.241.